The highest BCUT2D eigenvalue weighted by atomic mass is 127. The van der Waals surface area contributed by atoms with E-state index in [1.807, 2.05) is 13.8 Å². The van der Waals surface area contributed by atoms with Crippen molar-refractivity contribution in [1.29, 1.82) is 0 Å². The van der Waals surface area contributed by atoms with Gasteiger partial charge in [0, 0.05) is 24.7 Å². The normalized spacial score (nSPS) is 12.9. The molecule has 1 aromatic carbocycles. The Morgan fingerprint density at radius 2 is 1.77 bits per heavy atom. The van der Waals surface area contributed by atoms with Gasteiger partial charge >= 0.3 is 0 Å². The molecule has 1 unspecified atom stereocenters. The molecule has 1 heterocycles. The molecule has 0 amide bonds. The van der Waals surface area contributed by atoms with Crippen molar-refractivity contribution in [2.45, 2.75) is 72.5 Å². The summed E-state index contributed by atoms with van der Waals surface area (Å²) in [7, 11) is 0. The maximum Gasteiger partial charge on any atom is 0.216 e. The molecular weight excluding hydrogens is 489 g/mol. The molecule has 3 N–H and O–H groups in total. The van der Waals surface area contributed by atoms with E-state index < -0.39 is 0 Å². The van der Waals surface area contributed by atoms with Crippen molar-refractivity contribution in [1.82, 2.24) is 20.9 Å². The summed E-state index contributed by atoms with van der Waals surface area (Å²) in [5.74, 6) is 2.27. The lowest BCUT2D eigenvalue weighted by molar-refractivity contribution is 0.271. The van der Waals surface area contributed by atoms with Crippen molar-refractivity contribution in [3.05, 3.63) is 53.2 Å². The number of aliphatic imine (C=N–C) groups is 1. The van der Waals surface area contributed by atoms with E-state index in [1.165, 1.54) is 5.56 Å². The average molecular weight is 527 g/mol. The van der Waals surface area contributed by atoms with Crippen LogP contribution in [0.2, 0.25) is 0 Å². The zero-order valence-electron chi connectivity index (χ0n) is 19.2. The van der Waals surface area contributed by atoms with Gasteiger partial charge < -0.3 is 20.4 Å². The minimum Gasteiger partial charge on any atom is -0.444 e. The van der Waals surface area contributed by atoms with Gasteiger partial charge in [0.05, 0.1) is 5.69 Å². The molecule has 6 nitrogen and oxygen atoms in total. The number of nitrogens with zero attached hydrogens (tertiary/aromatic N) is 2. The van der Waals surface area contributed by atoms with Crippen LogP contribution in [0.25, 0.3) is 0 Å². The van der Waals surface area contributed by atoms with Crippen LogP contribution in [-0.4, -0.2) is 29.6 Å². The van der Waals surface area contributed by atoms with Gasteiger partial charge in [-0.15, -0.1) is 24.0 Å². The quantitative estimate of drug-likeness (QED) is 0.234. The van der Waals surface area contributed by atoms with Crippen molar-refractivity contribution in [3.63, 3.8) is 0 Å². The smallest absolute Gasteiger partial charge is 0.216 e. The van der Waals surface area contributed by atoms with Gasteiger partial charge in [-0.1, -0.05) is 44.2 Å². The predicted molar refractivity (Wildman–Crippen MR) is 136 cm³/mol. The fraction of sp³-hybridized carbons (Fsp3) is 0.565. The Kier molecular flexibility index (Phi) is 11.4. The fourth-order valence-electron chi connectivity index (χ4n) is 3.39. The zero-order chi connectivity index (χ0) is 21.3. The van der Waals surface area contributed by atoms with Crippen LogP contribution in [0.5, 0.6) is 0 Å². The highest BCUT2D eigenvalue weighted by Gasteiger charge is 2.28. The van der Waals surface area contributed by atoms with Crippen LogP contribution in [0, 0.1) is 13.8 Å². The Bertz CT molecular complexity index is 752. The molecule has 2 aromatic rings. The third-order valence-corrected chi connectivity index (χ3v) is 5.56. The SMILES string of the molecule is CCNC(=NCc1nc(C)c(C)o1)NCC(CC)(CC)NC(C)c1ccccc1.I. The monoisotopic (exact) mass is 527 g/mol. The van der Waals surface area contributed by atoms with Gasteiger partial charge in [0.15, 0.2) is 5.96 Å². The lowest BCUT2D eigenvalue weighted by atomic mass is 9.90. The summed E-state index contributed by atoms with van der Waals surface area (Å²) in [4.78, 5) is 9.07. The summed E-state index contributed by atoms with van der Waals surface area (Å²) in [5, 5.41) is 10.7. The number of nitrogens with one attached hydrogen (secondary N) is 3. The van der Waals surface area contributed by atoms with Gasteiger partial charge in [-0.3, -0.25) is 0 Å². The van der Waals surface area contributed by atoms with Crippen molar-refractivity contribution < 1.29 is 4.42 Å². The lowest BCUT2D eigenvalue weighted by Crippen LogP contribution is -2.55. The molecule has 2 rings (SSSR count). The molecule has 0 saturated heterocycles. The molecule has 0 spiro atoms. The molecule has 168 valence electrons. The molecular formula is C23H38IN5O. The number of hydrogen-bond acceptors (Lipinski definition) is 4. The van der Waals surface area contributed by atoms with Gasteiger partial charge in [-0.2, -0.15) is 0 Å². The molecule has 0 saturated carbocycles. The van der Waals surface area contributed by atoms with E-state index in [0.717, 1.165) is 43.3 Å². The van der Waals surface area contributed by atoms with Crippen LogP contribution >= 0.6 is 24.0 Å². The second kappa shape index (κ2) is 12.9. The summed E-state index contributed by atoms with van der Waals surface area (Å²) in [5.41, 5.74) is 2.19. The van der Waals surface area contributed by atoms with E-state index >= 15 is 0 Å². The predicted octanol–water partition coefficient (Wildman–Crippen LogP) is 4.87. The van der Waals surface area contributed by atoms with Crippen LogP contribution in [-0.2, 0) is 6.54 Å². The van der Waals surface area contributed by atoms with E-state index in [2.05, 4.69) is 84.0 Å². The lowest BCUT2D eigenvalue weighted by Gasteiger charge is -2.37. The molecule has 0 bridgehead atoms. The minimum absolute atomic E-state index is 0. The number of aromatic nitrogens is 1. The maximum atomic E-state index is 5.65. The molecule has 0 aliphatic heterocycles. The van der Waals surface area contributed by atoms with Crippen LogP contribution in [0.4, 0.5) is 0 Å². The number of oxazole rings is 1. The number of benzene rings is 1. The van der Waals surface area contributed by atoms with E-state index in [-0.39, 0.29) is 35.6 Å². The van der Waals surface area contributed by atoms with Gasteiger partial charge in [0.1, 0.15) is 12.3 Å². The summed E-state index contributed by atoms with van der Waals surface area (Å²) >= 11 is 0. The van der Waals surface area contributed by atoms with Crippen molar-refractivity contribution in [2.24, 2.45) is 4.99 Å². The fourth-order valence-corrected chi connectivity index (χ4v) is 3.39. The molecule has 0 radical (unpaired) electrons. The van der Waals surface area contributed by atoms with Crippen molar-refractivity contribution >= 4 is 29.9 Å². The highest BCUT2D eigenvalue weighted by molar-refractivity contribution is 14.0. The molecule has 30 heavy (non-hydrogen) atoms. The second-order valence-electron chi connectivity index (χ2n) is 7.56. The van der Waals surface area contributed by atoms with Crippen LogP contribution in [0.1, 0.15) is 69.5 Å². The number of guanidine groups is 1. The van der Waals surface area contributed by atoms with Crippen LogP contribution in [0.3, 0.4) is 0 Å². The van der Waals surface area contributed by atoms with Crippen molar-refractivity contribution in [2.75, 3.05) is 13.1 Å². The first kappa shape index (κ1) is 26.4. The van der Waals surface area contributed by atoms with Gasteiger partial charge in [-0.05, 0) is 46.1 Å². The summed E-state index contributed by atoms with van der Waals surface area (Å²) in [6.45, 7) is 14.6. The summed E-state index contributed by atoms with van der Waals surface area (Å²) < 4.78 is 5.65. The van der Waals surface area contributed by atoms with E-state index in [0.29, 0.717) is 12.4 Å². The topological polar surface area (TPSA) is 74.5 Å². The minimum atomic E-state index is -0.0262. The Labute approximate surface area is 198 Å². The first-order chi connectivity index (χ1) is 13.9. The Morgan fingerprint density at radius 1 is 1.10 bits per heavy atom. The first-order valence-electron chi connectivity index (χ1n) is 10.7. The van der Waals surface area contributed by atoms with Gasteiger partial charge in [-0.25, -0.2) is 9.98 Å². The average Bonchev–Trinajstić information content (AvgIpc) is 3.07. The highest BCUT2D eigenvalue weighted by Crippen LogP contribution is 2.21. The second-order valence-corrected chi connectivity index (χ2v) is 7.56. The van der Waals surface area contributed by atoms with Gasteiger partial charge in [0.2, 0.25) is 5.89 Å². The molecule has 1 aromatic heterocycles. The number of hydrogen-bond donors (Lipinski definition) is 3. The number of rotatable bonds is 10. The third-order valence-electron chi connectivity index (χ3n) is 5.56. The summed E-state index contributed by atoms with van der Waals surface area (Å²) in [6.07, 6.45) is 2.04. The molecule has 0 aliphatic rings. The molecule has 0 aliphatic carbocycles. The van der Waals surface area contributed by atoms with Crippen LogP contribution in [0.15, 0.2) is 39.7 Å². The standard InChI is InChI=1S/C23H37N5O.HI/c1-7-23(8-2,28-18(5)20-13-11-10-12-14-20)16-26-22(24-9-3)25-15-21-27-17(4)19(6)29-21;/h10-14,18,28H,7-9,15-16H2,1-6H3,(H2,24,25,26);1H. The number of halogens is 1. The molecule has 7 heteroatoms. The maximum absolute atomic E-state index is 5.65. The third kappa shape index (κ3) is 7.58. The Morgan fingerprint density at radius 3 is 2.30 bits per heavy atom. The number of aryl methyl sites for hydroxylation is 2. The van der Waals surface area contributed by atoms with Gasteiger partial charge in [0.25, 0.3) is 0 Å². The zero-order valence-corrected chi connectivity index (χ0v) is 21.5. The van der Waals surface area contributed by atoms with E-state index in [1.54, 1.807) is 0 Å². The largest absolute Gasteiger partial charge is 0.444 e. The summed E-state index contributed by atoms with van der Waals surface area (Å²) in [6, 6.07) is 10.9. The Hall–Kier alpha value is -1.61. The van der Waals surface area contributed by atoms with Crippen LogP contribution < -0.4 is 16.0 Å². The van der Waals surface area contributed by atoms with E-state index in [4.69, 9.17) is 4.42 Å². The first-order valence-corrected chi connectivity index (χ1v) is 10.7. The Balaban J connectivity index is 0.00000450. The van der Waals surface area contributed by atoms with Crippen molar-refractivity contribution in [3.8, 4) is 0 Å². The van der Waals surface area contributed by atoms with E-state index in [9.17, 15) is 0 Å². The molecule has 1 atom stereocenters. The molecule has 0 fully saturated rings.